The number of halogens is 6. The largest absolute Gasteiger partial charge is 0.501 e. The van der Waals surface area contributed by atoms with E-state index in [1.165, 1.54) is 0 Å². The molecule has 0 unspecified atom stereocenters. The van der Waals surface area contributed by atoms with Gasteiger partial charge in [-0.1, -0.05) is 6.07 Å². The number of nitrogens with zero attached hydrogens (tertiary/aromatic N) is 1. The van der Waals surface area contributed by atoms with Crippen molar-refractivity contribution >= 4 is 9.84 Å². The first-order valence-electron chi connectivity index (χ1n) is 7.53. The van der Waals surface area contributed by atoms with Crippen molar-refractivity contribution in [3.8, 4) is 17.2 Å². The lowest BCUT2D eigenvalue weighted by Gasteiger charge is -2.17. The fraction of sp³-hybridized carbons (Fsp3) is 0.235. The zero-order valence-corrected chi connectivity index (χ0v) is 14.4. The third kappa shape index (κ3) is 3.02. The summed E-state index contributed by atoms with van der Waals surface area (Å²) in [7, 11) is -6.02. The summed E-state index contributed by atoms with van der Waals surface area (Å²) < 4.78 is 104. The van der Waals surface area contributed by atoms with Crippen LogP contribution in [0, 0.1) is 17.1 Å². The van der Waals surface area contributed by atoms with Crippen LogP contribution in [0.5, 0.6) is 0 Å². The molecule has 0 aliphatic heterocycles. The Morgan fingerprint density at radius 1 is 1.18 bits per heavy atom. The third-order valence-electron chi connectivity index (χ3n) is 4.34. The van der Waals surface area contributed by atoms with E-state index in [2.05, 4.69) is 0 Å². The van der Waals surface area contributed by atoms with Gasteiger partial charge < -0.3 is 5.11 Å². The number of nitriles is 1. The number of hydrogen-bond donors (Lipinski definition) is 1. The smallest absolute Gasteiger partial charge is 0.382 e. The van der Waals surface area contributed by atoms with Crippen molar-refractivity contribution in [2.45, 2.75) is 28.9 Å². The van der Waals surface area contributed by atoms with E-state index in [1.54, 1.807) is 6.07 Å². The Bertz CT molecular complexity index is 1120. The van der Waals surface area contributed by atoms with Gasteiger partial charge in [0.2, 0.25) is 0 Å². The van der Waals surface area contributed by atoms with Crippen LogP contribution in [0.2, 0.25) is 0 Å². The second kappa shape index (κ2) is 6.22. The van der Waals surface area contributed by atoms with Gasteiger partial charge in [0.1, 0.15) is 11.9 Å². The van der Waals surface area contributed by atoms with Crippen LogP contribution in [0.25, 0.3) is 11.1 Å². The van der Waals surface area contributed by atoms with Gasteiger partial charge in [-0.25, -0.2) is 21.6 Å². The summed E-state index contributed by atoms with van der Waals surface area (Å²) in [4.78, 5) is -1.49. The molecule has 1 N–H and O–H groups in total. The average Bonchev–Trinajstić information content (AvgIpc) is 2.82. The van der Waals surface area contributed by atoms with E-state index in [0.29, 0.717) is 6.07 Å². The van der Waals surface area contributed by atoms with Crippen LogP contribution < -0.4 is 0 Å². The van der Waals surface area contributed by atoms with Gasteiger partial charge in [0.25, 0.3) is 15.8 Å². The Labute approximate surface area is 154 Å². The van der Waals surface area contributed by atoms with E-state index in [1.807, 2.05) is 0 Å². The number of sulfone groups is 1. The quantitative estimate of drug-likeness (QED) is 0.747. The predicted octanol–water partition coefficient (Wildman–Crippen LogP) is 3.88. The number of aliphatic hydroxyl groups is 1. The molecule has 0 amide bonds. The summed E-state index contributed by atoms with van der Waals surface area (Å²) in [5.41, 5.74) is -7.91. The molecule has 1 atom stereocenters. The molecule has 4 nitrogen and oxygen atoms in total. The van der Waals surface area contributed by atoms with Gasteiger partial charge >= 0.3 is 5.51 Å². The van der Waals surface area contributed by atoms with Crippen molar-refractivity contribution < 1.29 is 39.9 Å². The standard InChI is InChI=1S/C17H9F6NO3S/c18-10-4-8(7-24)3-9(5-10)11-1-2-13(28(26,27)17(21,22)23)14-12(11)6-16(19,20)15(14)25/h1-5,15,25H,6H2/t15-/m0/s1. The van der Waals surface area contributed by atoms with Crippen molar-refractivity contribution in [3.63, 3.8) is 0 Å². The van der Waals surface area contributed by atoms with Gasteiger partial charge in [-0.05, 0) is 41.0 Å². The second-order valence-electron chi connectivity index (χ2n) is 6.13. The SMILES string of the molecule is N#Cc1cc(F)cc(-c2ccc(S(=O)(=O)C(F)(F)F)c3c2CC(F)(F)[C@H]3O)c1. The Kier molecular flexibility index (Phi) is 4.48. The van der Waals surface area contributed by atoms with E-state index in [4.69, 9.17) is 5.26 Å². The van der Waals surface area contributed by atoms with Crippen molar-refractivity contribution in [1.29, 1.82) is 5.26 Å². The Morgan fingerprint density at radius 2 is 1.82 bits per heavy atom. The molecular weight excluding hydrogens is 412 g/mol. The van der Waals surface area contributed by atoms with E-state index < -0.39 is 55.6 Å². The van der Waals surface area contributed by atoms with Crippen molar-refractivity contribution in [2.75, 3.05) is 0 Å². The molecule has 1 aliphatic rings. The lowest BCUT2D eigenvalue weighted by molar-refractivity contribution is -0.0977. The topological polar surface area (TPSA) is 78.2 Å². The molecule has 11 heteroatoms. The van der Waals surface area contributed by atoms with Crippen molar-refractivity contribution in [1.82, 2.24) is 0 Å². The maximum Gasteiger partial charge on any atom is 0.501 e. The van der Waals surface area contributed by atoms with Gasteiger partial charge in [0.15, 0.2) is 0 Å². The minimum Gasteiger partial charge on any atom is -0.382 e. The molecule has 0 radical (unpaired) electrons. The zero-order chi connectivity index (χ0) is 21.1. The molecule has 0 fully saturated rings. The molecule has 0 saturated heterocycles. The lowest BCUT2D eigenvalue weighted by atomic mass is 9.95. The van der Waals surface area contributed by atoms with Gasteiger partial charge in [-0.3, -0.25) is 0 Å². The van der Waals surface area contributed by atoms with Crippen LogP contribution in [-0.2, 0) is 16.3 Å². The molecule has 28 heavy (non-hydrogen) atoms. The fourth-order valence-electron chi connectivity index (χ4n) is 3.12. The highest BCUT2D eigenvalue weighted by atomic mass is 32.2. The summed E-state index contributed by atoms with van der Waals surface area (Å²) in [6.45, 7) is 0. The number of alkyl halides is 5. The Morgan fingerprint density at radius 3 is 2.39 bits per heavy atom. The molecule has 148 valence electrons. The van der Waals surface area contributed by atoms with Gasteiger partial charge in [-0.2, -0.15) is 18.4 Å². The first-order chi connectivity index (χ1) is 12.8. The van der Waals surface area contributed by atoms with E-state index in [9.17, 15) is 39.9 Å². The summed E-state index contributed by atoms with van der Waals surface area (Å²) in [5.74, 6) is -4.83. The maximum atomic E-state index is 14.1. The highest BCUT2D eigenvalue weighted by Crippen LogP contribution is 2.50. The maximum absolute atomic E-state index is 14.1. The molecule has 0 spiro atoms. The lowest BCUT2D eigenvalue weighted by Crippen LogP contribution is -2.26. The van der Waals surface area contributed by atoms with Crippen LogP contribution in [0.15, 0.2) is 35.2 Å². The number of benzene rings is 2. The molecule has 1 aliphatic carbocycles. The van der Waals surface area contributed by atoms with Crippen LogP contribution in [0.1, 0.15) is 22.8 Å². The molecule has 2 aromatic carbocycles. The van der Waals surface area contributed by atoms with Gasteiger partial charge in [-0.15, -0.1) is 0 Å². The summed E-state index contributed by atoms with van der Waals surface area (Å²) in [6.07, 6.45) is -4.04. The highest BCUT2D eigenvalue weighted by molar-refractivity contribution is 7.92. The zero-order valence-electron chi connectivity index (χ0n) is 13.6. The van der Waals surface area contributed by atoms with Crippen LogP contribution in [0.4, 0.5) is 26.3 Å². The number of rotatable bonds is 2. The normalized spacial score (nSPS) is 18.6. The van der Waals surface area contributed by atoms with Crippen LogP contribution >= 0.6 is 0 Å². The number of hydrogen-bond acceptors (Lipinski definition) is 4. The number of aliphatic hydroxyl groups excluding tert-OH is 1. The Hall–Kier alpha value is -2.58. The second-order valence-corrected chi connectivity index (χ2v) is 8.04. The van der Waals surface area contributed by atoms with Gasteiger partial charge in [0, 0.05) is 12.0 Å². The molecule has 2 aromatic rings. The van der Waals surface area contributed by atoms with Crippen LogP contribution in [-0.4, -0.2) is 25.0 Å². The van der Waals surface area contributed by atoms with E-state index in [-0.39, 0.29) is 16.7 Å². The molecule has 0 saturated carbocycles. The molecule has 3 rings (SSSR count). The third-order valence-corrected chi connectivity index (χ3v) is 5.88. The molecule has 0 heterocycles. The molecule has 0 aromatic heterocycles. The first kappa shape index (κ1) is 20.2. The monoisotopic (exact) mass is 421 g/mol. The van der Waals surface area contributed by atoms with E-state index in [0.717, 1.165) is 24.3 Å². The van der Waals surface area contributed by atoms with Crippen LogP contribution in [0.3, 0.4) is 0 Å². The number of fused-ring (bicyclic) bond motifs is 1. The summed E-state index contributed by atoms with van der Waals surface area (Å²) >= 11 is 0. The molecule has 0 bridgehead atoms. The predicted molar refractivity (Wildman–Crippen MR) is 83.4 cm³/mol. The fourth-order valence-corrected chi connectivity index (χ4v) is 4.14. The van der Waals surface area contributed by atoms with Crippen molar-refractivity contribution in [3.05, 3.63) is 52.8 Å². The summed E-state index contributed by atoms with van der Waals surface area (Å²) in [5, 5.41) is 18.7. The Balaban J connectivity index is 2.35. The average molecular weight is 421 g/mol. The first-order valence-corrected chi connectivity index (χ1v) is 9.02. The van der Waals surface area contributed by atoms with Gasteiger partial charge in [0.05, 0.1) is 16.5 Å². The van der Waals surface area contributed by atoms with Crippen molar-refractivity contribution in [2.24, 2.45) is 0 Å². The summed E-state index contributed by atoms with van der Waals surface area (Å²) in [6, 6.07) is 5.73. The minimum absolute atomic E-state index is 0.117. The van der Waals surface area contributed by atoms with E-state index >= 15 is 0 Å². The highest BCUT2D eigenvalue weighted by Gasteiger charge is 2.54. The minimum atomic E-state index is -6.02. The molecular formula is C17H9F6NO3S.